The number of benzene rings is 2. The summed E-state index contributed by atoms with van der Waals surface area (Å²) in [5.74, 6) is 0.834. The first-order valence-corrected chi connectivity index (χ1v) is 13.9. The molecular formula is C30H33BrN4O4. The Hall–Kier alpha value is -3.72. The monoisotopic (exact) mass is 592 g/mol. The maximum Gasteiger partial charge on any atom is 0.347 e. The maximum atomic E-state index is 13.4. The van der Waals surface area contributed by atoms with Gasteiger partial charge in [-0.05, 0) is 82.6 Å². The van der Waals surface area contributed by atoms with E-state index in [2.05, 4.69) is 32.5 Å². The molecule has 2 aromatic carbocycles. The first-order valence-electron chi connectivity index (χ1n) is 13.1. The molecule has 0 N–H and O–H groups in total. The highest BCUT2D eigenvalue weighted by molar-refractivity contribution is 9.10. The van der Waals surface area contributed by atoms with Crippen LogP contribution in [0.1, 0.15) is 56.4 Å². The Morgan fingerprint density at radius 2 is 1.87 bits per heavy atom. The third kappa shape index (κ3) is 6.30. The number of aryl methyl sites for hydroxylation is 2. The Kier molecular flexibility index (Phi) is 9.01. The van der Waals surface area contributed by atoms with Crippen molar-refractivity contribution in [2.24, 2.45) is 5.10 Å². The van der Waals surface area contributed by atoms with Crippen molar-refractivity contribution in [3.63, 3.8) is 0 Å². The Morgan fingerprint density at radius 3 is 2.56 bits per heavy atom. The molecule has 1 atom stereocenters. The second-order valence-corrected chi connectivity index (χ2v) is 10.2. The number of esters is 1. The van der Waals surface area contributed by atoms with Crippen LogP contribution < -0.4 is 10.3 Å². The van der Waals surface area contributed by atoms with Gasteiger partial charge in [0.2, 0.25) is 0 Å². The Morgan fingerprint density at radius 1 is 1.13 bits per heavy atom. The van der Waals surface area contributed by atoms with Gasteiger partial charge in [-0.25, -0.2) is 9.78 Å². The minimum absolute atomic E-state index is 0.190. The number of ether oxygens (including phenoxy) is 2. The zero-order valence-electron chi connectivity index (χ0n) is 22.9. The van der Waals surface area contributed by atoms with Gasteiger partial charge in [0, 0.05) is 33.5 Å². The maximum absolute atomic E-state index is 13.4. The van der Waals surface area contributed by atoms with E-state index in [0.29, 0.717) is 35.5 Å². The van der Waals surface area contributed by atoms with E-state index in [1.165, 1.54) is 4.68 Å². The van der Waals surface area contributed by atoms with E-state index in [9.17, 15) is 9.59 Å². The molecule has 0 radical (unpaired) electrons. The molecule has 4 aromatic rings. The van der Waals surface area contributed by atoms with E-state index >= 15 is 0 Å². The summed E-state index contributed by atoms with van der Waals surface area (Å²) in [7, 11) is 0. The van der Waals surface area contributed by atoms with Crippen LogP contribution >= 0.6 is 15.9 Å². The molecule has 39 heavy (non-hydrogen) atoms. The molecule has 0 saturated carbocycles. The standard InChI is InChI=1S/C30H33BrN4O4/c1-6-8-9-28-33-27-15-10-23(31)17-26(27)29(36)35(28)32-18-22-16-19(3)34(20(22)4)24-11-13-25(14-12-24)39-21(5)30(37)38-7-2/h10-18,21H,6-9H2,1-5H3/t21-/m1/s1. The summed E-state index contributed by atoms with van der Waals surface area (Å²) in [6, 6.07) is 15.1. The molecule has 9 heteroatoms. The van der Waals surface area contributed by atoms with Gasteiger partial charge in [-0.1, -0.05) is 29.3 Å². The summed E-state index contributed by atoms with van der Waals surface area (Å²) in [4.78, 5) is 30.0. The zero-order chi connectivity index (χ0) is 28.1. The quantitative estimate of drug-likeness (QED) is 0.163. The molecule has 0 fully saturated rings. The SMILES string of the molecule is CCCCc1nc2ccc(Br)cc2c(=O)n1N=Cc1cc(C)n(-c2ccc(O[C@H](C)C(=O)OCC)cc2)c1C. The topological polar surface area (TPSA) is 87.7 Å². The van der Waals surface area contributed by atoms with Gasteiger partial charge >= 0.3 is 5.97 Å². The van der Waals surface area contributed by atoms with Crippen LogP contribution in [-0.2, 0) is 16.0 Å². The number of carbonyl (C=O) groups excluding carboxylic acids is 1. The molecule has 0 amide bonds. The minimum Gasteiger partial charge on any atom is -0.479 e. The number of aromatic nitrogens is 3. The van der Waals surface area contributed by atoms with Crippen LogP contribution in [0.25, 0.3) is 16.6 Å². The zero-order valence-corrected chi connectivity index (χ0v) is 24.5. The van der Waals surface area contributed by atoms with Crippen LogP contribution in [0, 0.1) is 13.8 Å². The summed E-state index contributed by atoms with van der Waals surface area (Å²) >= 11 is 3.45. The van der Waals surface area contributed by atoms with E-state index in [4.69, 9.17) is 14.5 Å². The summed E-state index contributed by atoms with van der Waals surface area (Å²) in [6.45, 7) is 9.89. The van der Waals surface area contributed by atoms with Crippen molar-refractivity contribution >= 4 is 39.0 Å². The lowest BCUT2D eigenvalue weighted by molar-refractivity contribution is -0.150. The second-order valence-electron chi connectivity index (χ2n) is 9.32. The molecule has 0 bridgehead atoms. The molecule has 2 heterocycles. The highest BCUT2D eigenvalue weighted by Crippen LogP contribution is 2.23. The van der Waals surface area contributed by atoms with Gasteiger partial charge in [0.25, 0.3) is 5.56 Å². The summed E-state index contributed by atoms with van der Waals surface area (Å²) < 4.78 is 15.1. The molecule has 4 rings (SSSR count). The third-order valence-electron chi connectivity index (χ3n) is 6.44. The number of halogens is 1. The largest absolute Gasteiger partial charge is 0.479 e. The number of fused-ring (bicyclic) bond motifs is 1. The summed E-state index contributed by atoms with van der Waals surface area (Å²) in [6.07, 6.45) is 3.60. The lowest BCUT2D eigenvalue weighted by Gasteiger charge is -2.15. The second kappa shape index (κ2) is 12.4. The first-order chi connectivity index (χ1) is 18.7. The van der Waals surface area contributed by atoms with Crippen molar-refractivity contribution in [2.75, 3.05) is 6.61 Å². The highest BCUT2D eigenvalue weighted by atomic mass is 79.9. The Bertz CT molecular complexity index is 1570. The fourth-order valence-corrected chi connectivity index (χ4v) is 4.79. The number of hydrogen-bond donors (Lipinski definition) is 0. The van der Waals surface area contributed by atoms with Crippen LogP contribution in [0.4, 0.5) is 0 Å². The van der Waals surface area contributed by atoms with Crippen molar-refractivity contribution in [1.29, 1.82) is 0 Å². The van der Waals surface area contributed by atoms with Crippen molar-refractivity contribution < 1.29 is 14.3 Å². The van der Waals surface area contributed by atoms with Crippen LogP contribution in [0.3, 0.4) is 0 Å². The lowest BCUT2D eigenvalue weighted by Crippen LogP contribution is -2.26. The van der Waals surface area contributed by atoms with Gasteiger partial charge < -0.3 is 14.0 Å². The van der Waals surface area contributed by atoms with Gasteiger partial charge in [0.1, 0.15) is 11.6 Å². The predicted octanol–water partition coefficient (Wildman–Crippen LogP) is 6.12. The summed E-state index contributed by atoms with van der Waals surface area (Å²) in [5, 5.41) is 5.14. The first kappa shape index (κ1) is 28.3. The fourth-order valence-electron chi connectivity index (χ4n) is 4.43. The number of hydrogen-bond acceptors (Lipinski definition) is 6. The van der Waals surface area contributed by atoms with Crippen molar-refractivity contribution in [3.05, 3.63) is 86.1 Å². The molecule has 0 spiro atoms. The lowest BCUT2D eigenvalue weighted by atomic mass is 10.2. The van der Waals surface area contributed by atoms with Gasteiger partial charge in [-0.2, -0.15) is 9.78 Å². The molecule has 0 aliphatic rings. The number of unbranched alkanes of at least 4 members (excludes halogenated alkanes) is 1. The van der Waals surface area contributed by atoms with Gasteiger partial charge in [0.15, 0.2) is 6.10 Å². The van der Waals surface area contributed by atoms with Crippen molar-refractivity contribution in [1.82, 2.24) is 14.2 Å². The molecule has 0 saturated heterocycles. The highest BCUT2D eigenvalue weighted by Gasteiger charge is 2.16. The van der Waals surface area contributed by atoms with E-state index in [1.54, 1.807) is 26.1 Å². The van der Waals surface area contributed by atoms with Crippen LogP contribution in [-0.4, -0.2) is 39.1 Å². The normalized spacial score (nSPS) is 12.3. The molecule has 0 aliphatic carbocycles. The van der Waals surface area contributed by atoms with Crippen LogP contribution in [0.2, 0.25) is 0 Å². The minimum atomic E-state index is -0.690. The Balaban J connectivity index is 1.64. The number of nitrogens with zero attached hydrogens (tertiary/aromatic N) is 4. The van der Waals surface area contributed by atoms with Crippen molar-refractivity contribution in [2.45, 2.75) is 60.0 Å². The van der Waals surface area contributed by atoms with Gasteiger partial charge in [0.05, 0.1) is 23.7 Å². The van der Waals surface area contributed by atoms with E-state index in [1.807, 2.05) is 56.3 Å². The third-order valence-corrected chi connectivity index (χ3v) is 6.93. The predicted molar refractivity (Wildman–Crippen MR) is 157 cm³/mol. The number of carbonyl (C=O) groups is 1. The molecule has 8 nitrogen and oxygen atoms in total. The van der Waals surface area contributed by atoms with Crippen LogP contribution in [0.5, 0.6) is 5.75 Å². The fraction of sp³-hybridized carbons (Fsp3) is 0.333. The van der Waals surface area contributed by atoms with E-state index in [-0.39, 0.29) is 5.56 Å². The van der Waals surface area contributed by atoms with E-state index in [0.717, 1.165) is 40.0 Å². The molecule has 0 aliphatic heterocycles. The average molecular weight is 594 g/mol. The van der Waals surface area contributed by atoms with Crippen molar-refractivity contribution in [3.8, 4) is 11.4 Å². The molecule has 204 valence electrons. The number of rotatable bonds is 10. The van der Waals surface area contributed by atoms with E-state index < -0.39 is 12.1 Å². The van der Waals surface area contributed by atoms with Crippen LogP contribution in [0.15, 0.2) is 62.9 Å². The molecular weight excluding hydrogens is 560 g/mol. The molecule has 0 unspecified atom stereocenters. The summed E-state index contributed by atoms with van der Waals surface area (Å²) in [5.41, 5.74) is 4.31. The average Bonchev–Trinajstić information content (AvgIpc) is 3.20. The van der Waals surface area contributed by atoms with Gasteiger partial charge in [-0.15, -0.1) is 0 Å². The molecule has 2 aromatic heterocycles. The smallest absolute Gasteiger partial charge is 0.347 e. The Labute approximate surface area is 236 Å². The van der Waals surface area contributed by atoms with Gasteiger partial charge in [-0.3, -0.25) is 4.79 Å².